The lowest BCUT2D eigenvalue weighted by Gasteiger charge is -2.30. The SMILES string of the molecule is CC1(C)C(O)CCN1C=O. The topological polar surface area (TPSA) is 40.5 Å². The second-order valence-corrected chi connectivity index (χ2v) is 3.26. The molecule has 1 fully saturated rings. The fourth-order valence-electron chi connectivity index (χ4n) is 1.28. The van der Waals surface area contributed by atoms with Crippen LogP contribution in [0.4, 0.5) is 0 Å². The van der Waals surface area contributed by atoms with E-state index < -0.39 is 0 Å². The van der Waals surface area contributed by atoms with Gasteiger partial charge in [0.25, 0.3) is 0 Å². The molecular weight excluding hydrogens is 130 g/mol. The van der Waals surface area contributed by atoms with Crippen LogP contribution in [0.1, 0.15) is 20.3 Å². The number of nitrogens with zero attached hydrogens (tertiary/aromatic N) is 1. The lowest BCUT2D eigenvalue weighted by molar-refractivity contribution is -0.122. The van der Waals surface area contributed by atoms with E-state index in [9.17, 15) is 9.90 Å². The molecule has 1 unspecified atom stereocenters. The summed E-state index contributed by atoms with van der Waals surface area (Å²) in [5.74, 6) is 0. The van der Waals surface area contributed by atoms with Crippen molar-refractivity contribution in [3.05, 3.63) is 0 Å². The summed E-state index contributed by atoms with van der Waals surface area (Å²) in [5.41, 5.74) is -0.359. The molecule has 0 aromatic carbocycles. The number of aliphatic hydroxyl groups excluding tert-OH is 1. The van der Waals surface area contributed by atoms with Crippen molar-refractivity contribution < 1.29 is 9.90 Å². The largest absolute Gasteiger partial charge is 0.391 e. The number of likely N-dealkylation sites (tertiary alicyclic amines) is 1. The van der Waals surface area contributed by atoms with Crippen LogP contribution in [0.15, 0.2) is 0 Å². The highest BCUT2D eigenvalue weighted by molar-refractivity contribution is 5.49. The molecule has 3 heteroatoms. The molecule has 1 aliphatic heterocycles. The molecule has 1 aliphatic rings. The van der Waals surface area contributed by atoms with Gasteiger partial charge in [-0.2, -0.15) is 0 Å². The van der Waals surface area contributed by atoms with Crippen LogP contribution in [0, 0.1) is 0 Å². The number of amides is 1. The summed E-state index contributed by atoms with van der Waals surface area (Å²) in [4.78, 5) is 12.0. The van der Waals surface area contributed by atoms with Gasteiger partial charge in [-0.05, 0) is 20.3 Å². The smallest absolute Gasteiger partial charge is 0.210 e. The van der Waals surface area contributed by atoms with E-state index >= 15 is 0 Å². The monoisotopic (exact) mass is 143 g/mol. The Morgan fingerprint density at radius 3 is 2.50 bits per heavy atom. The summed E-state index contributed by atoms with van der Waals surface area (Å²) >= 11 is 0. The second kappa shape index (κ2) is 2.23. The zero-order valence-corrected chi connectivity index (χ0v) is 6.37. The molecule has 10 heavy (non-hydrogen) atoms. The Morgan fingerprint density at radius 2 is 2.30 bits per heavy atom. The molecule has 1 N–H and O–H groups in total. The molecule has 0 bridgehead atoms. The van der Waals surface area contributed by atoms with E-state index in [-0.39, 0.29) is 11.6 Å². The third-order valence-electron chi connectivity index (χ3n) is 2.33. The van der Waals surface area contributed by atoms with Gasteiger partial charge in [0.1, 0.15) is 0 Å². The van der Waals surface area contributed by atoms with Crippen LogP contribution in [0.3, 0.4) is 0 Å². The minimum atomic E-state index is -0.363. The second-order valence-electron chi connectivity index (χ2n) is 3.26. The summed E-state index contributed by atoms with van der Waals surface area (Å²) in [6.07, 6.45) is 1.14. The standard InChI is InChI=1S/C7H13NO2/c1-7(2)6(10)3-4-8(7)5-9/h5-6,10H,3-4H2,1-2H3. The van der Waals surface area contributed by atoms with Crippen molar-refractivity contribution >= 4 is 6.41 Å². The van der Waals surface area contributed by atoms with Gasteiger partial charge in [0.05, 0.1) is 11.6 Å². The zero-order valence-electron chi connectivity index (χ0n) is 6.37. The van der Waals surface area contributed by atoms with Crippen molar-refractivity contribution in [2.24, 2.45) is 0 Å². The maximum absolute atomic E-state index is 10.4. The first-order valence-corrected chi connectivity index (χ1v) is 3.49. The Balaban J connectivity index is 2.73. The van der Waals surface area contributed by atoms with Crippen molar-refractivity contribution in [2.45, 2.75) is 31.9 Å². The fourth-order valence-corrected chi connectivity index (χ4v) is 1.28. The van der Waals surface area contributed by atoms with Crippen LogP contribution in [0.5, 0.6) is 0 Å². The molecule has 1 rings (SSSR count). The lowest BCUT2D eigenvalue weighted by Crippen LogP contribution is -2.43. The molecule has 0 aliphatic carbocycles. The molecule has 1 amide bonds. The van der Waals surface area contributed by atoms with Crippen LogP contribution < -0.4 is 0 Å². The van der Waals surface area contributed by atoms with Gasteiger partial charge in [-0.3, -0.25) is 4.79 Å². The van der Waals surface area contributed by atoms with E-state index in [2.05, 4.69) is 0 Å². The molecule has 0 saturated carbocycles. The van der Waals surface area contributed by atoms with Crippen molar-refractivity contribution in [1.82, 2.24) is 4.90 Å². The highest BCUT2D eigenvalue weighted by Crippen LogP contribution is 2.26. The van der Waals surface area contributed by atoms with Crippen molar-refractivity contribution in [2.75, 3.05) is 6.54 Å². The quantitative estimate of drug-likeness (QED) is 0.524. The third-order valence-corrected chi connectivity index (χ3v) is 2.33. The number of hydrogen-bond donors (Lipinski definition) is 1. The Kier molecular flexibility index (Phi) is 1.68. The van der Waals surface area contributed by atoms with E-state index in [1.54, 1.807) is 4.90 Å². The van der Waals surface area contributed by atoms with E-state index in [1.165, 1.54) is 0 Å². The number of hydrogen-bond acceptors (Lipinski definition) is 2. The summed E-state index contributed by atoms with van der Waals surface area (Å²) in [6, 6.07) is 0. The van der Waals surface area contributed by atoms with Gasteiger partial charge in [0.15, 0.2) is 0 Å². The van der Waals surface area contributed by atoms with Gasteiger partial charge in [-0.1, -0.05) is 0 Å². The molecule has 58 valence electrons. The molecule has 1 atom stereocenters. The lowest BCUT2D eigenvalue weighted by atomic mass is 9.99. The molecule has 0 aromatic rings. The molecule has 0 aromatic heterocycles. The predicted octanol–water partition coefficient (Wildman–Crippen LogP) is -0.0120. The number of rotatable bonds is 1. The highest BCUT2D eigenvalue weighted by atomic mass is 16.3. The average Bonchev–Trinajstić information content (AvgIpc) is 2.10. The Morgan fingerprint density at radius 1 is 1.70 bits per heavy atom. The van der Waals surface area contributed by atoms with E-state index in [0.29, 0.717) is 13.0 Å². The average molecular weight is 143 g/mol. The summed E-state index contributed by atoms with van der Waals surface area (Å²) < 4.78 is 0. The summed E-state index contributed by atoms with van der Waals surface area (Å²) in [7, 11) is 0. The maximum atomic E-state index is 10.4. The van der Waals surface area contributed by atoms with Gasteiger partial charge in [0.2, 0.25) is 6.41 Å². The molecule has 1 saturated heterocycles. The Bertz CT molecular complexity index is 145. The summed E-state index contributed by atoms with van der Waals surface area (Å²) in [6.45, 7) is 4.43. The van der Waals surface area contributed by atoms with Crippen molar-refractivity contribution in [1.29, 1.82) is 0 Å². The van der Waals surface area contributed by atoms with Gasteiger partial charge in [0, 0.05) is 6.54 Å². The van der Waals surface area contributed by atoms with Crippen molar-refractivity contribution in [3.63, 3.8) is 0 Å². The highest BCUT2D eigenvalue weighted by Gasteiger charge is 2.39. The third kappa shape index (κ3) is 0.904. The molecule has 1 heterocycles. The zero-order chi connectivity index (χ0) is 7.78. The first-order valence-electron chi connectivity index (χ1n) is 3.49. The van der Waals surface area contributed by atoms with E-state index in [1.807, 2.05) is 13.8 Å². The predicted molar refractivity (Wildman–Crippen MR) is 37.5 cm³/mol. The van der Waals surface area contributed by atoms with E-state index in [4.69, 9.17) is 0 Å². The molecule has 3 nitrogen and oxygen atoms in total. The minimum Gasteiger partial charge on any atom is -0.391 e. The normalized spacial score (nSPS) is 30.7. The number of carbonyl (C=O) groups is 1. The fraction of sp³-hybridized carbons (Fsp3) is 0.857. The van der Waals surface area contributed by atoms with Crippen molar-refractivity contribution in [3.8, 4) is 0 Å². The number of aliphatic hydroxyl groups is 1. The maximum Gasteiger partial charge on any atom is 0.210 e. The minimum absolute atomic E-state index is 0.359. The first-order chi connectivity index (χ1) is 4.59. The molecule has 0 radical (unpaired) electrons. The Hall–Kier alpha value is -0.570. The number of carbonyl (C=O) groups excluding carboxylic acids is 1. The van der Waals surface area contributed by atoms with Crippen LogP contribution in [-0.4, -0.2) is 34.6 Å². The van der Waals surface area contributed by atoms with E-state index in [0.717, 1.165) is 6.41 Å². The van der Waals surface area contributed by atoms with Gasteiger partial charge < -0.3 is 10.0 Å². The van der Waals surface area contributed by atoms with Gasteiger partial charge >= 0.3 is 0 Å². The van der Waals surface area contributed by atoms with Crippen LogP contribution in [0.25, 0.3) is 0 Å². The van der Waals surface area contributed by atoms with Crippen LogP contribution in [-0.2, 0) is 4.79 Å². The molecule has 0 spiro atoms. The van der Waals surface area contributed by atoms with Gasteiger partial charge in [-0.25, -0.2) is 0 Å². The van der Waals surface area contributed by atoms with Crippen LogP contribution >= 0.6 is 0 Å². The molecular formula is C7H13NO2. The first kappa shape index (κ1) is 7.54. The Labute approximate surface area is 60.6 Å². The van der Waals surface area contributed by atoms with Gasteiger partial charge in [-0.15, -0.1) is 0 Å². The summed E-state index contributed by atoms with van der Waals surface area (Å²) in [5, 5.41) is 9.36. The van der Waals surface area contributed by atoms with Crippen LogP contribution in [0.2, 0.25) is 0 Å².